The average Bonchev–Trinajstić information content (AvgIpc) is 2.67. The average molecular weight is 355 g/mol. The zero-order valence-electron chi connectivity index (χ0n) is 17.1. The summed E-state index contributed by atoms with van der Waals surface area (Å²) in [5.41, 5.74) is 0. The summed E-state index contributed by atoms with van der Waals surface area (Å²) in [6.07, 6.45) is 25.8. The van der Waals surface area contributed by atoms with Gasteiger partial charge in [-0.05, 0) is 111 Å². The van der Waals surface area contributed by atoms with E-state index in [1.165, 1.54) is 0 Å². The van der Waals surface area contributed by atoms with Crippen molar-refractivity contribution in [2.75, 3.05) is 0 Å². The van der Waals surface area contributed by atoms with E-state index >= 15 is 0 Å². The molecule has 0 spiro atoms. The van der Waals surface area contributed by atoms with Crippen LogP contribution in [0, 0.1) is 59.2 Å². The summed E-state index contributed by atoms with van der Waals surface area (Å²) in [6, 6.07) is 0. The Morgan fingerprint density at radius 1 is 0.231 bits per heavy atom. The highest BCUT2D eigenvalue weighted by molar-refractivity contribution is 4.99. The molecule has 0 N–H and O–H groups in total. The van der Waals surface area contributed by atoms with Gasteiger partial charge in [0.25, 0.3) is 0 Å². The first-order chi connectivity index (χ1) is 12.8. The maximum absolute atomic E-state index is 1.66. The SMILES string of the molecule is C1CCC2CC3CC4CC5CC6CCCCC6CC5CC4CC3CC2C1. The molecular formula is C26H42. The molecule has 0 aromatic carbocycles. The standard InChI is InChI=1S/C26H42/c1-2-6-18-10-22-14-26-16-24-12-20-8-4-3-7-19(20)11-23(24)15-25(26)13-21(22)9-17(18)5-1/h17-26H,1-16H2. The normalized spacial score (nSPS) is 56.3. The van der Waals surface area contributed by atoms with Crippen LogP contribution in [0.5, 0.6) is 0 Å². The van der Waals surface area contributed by atoms with Crippen LogP contribution >= 0.6 is 0 Å². The van der Waals surface area contributed by atoms with E-state index in [1.54, 1.807) is 103 Å². The summed E-state index contributed by atoms with van der Waals surface area (Å²) < 4.78 is 0. The summed E-state index contributed by atoms with van der Waals surface area (Å²) in [7, 11) is 0. The fourth-order valence-corrected chi connectivity index (χ4v) is 9.81. The van der Waals surface area contributed by atoms with Gasteiger partial charge in [0.1, 0.15) is 0 Å². The zero-order chi connectivity index (χ0) is 17.1. The minimum atomic E-state index is 1.15. The number of rotatable bonds is 0. The van der Waals surface area contributed by atoms with E-state index in [0.29, 0.717) is 0 Å². The molecule has 6 aliphatic carbocycles. The van der Waals surface area contributed by atoms with Crippen LogP contribution in [0.2, 0.25) is 0 Å². The molecule has 8 atom stereocenters. The molecule has 146 valence electrons. The Labute approximate surface area is 162 Å². The highest BCUT2D eigenvalue weighted by Crippen LogP contribution is 2.59. The quantitative estimate of drug-likeness (QED) is 0.423. The van der Waals surface area contributed by atoms with Gasteiger partial charge >= 0.3 is 0 Å². The maximum Gasteiger partial charge on any atom is -0.0380 e. The summed E-state index contributed by atoms with van der Waals surface area (Å²) in [5, 5.41) is 0. The van der Waals surface area contributed by atoms with Gasteiger partial charge in [0, 0.05) is 0 Å². The van der Waals surface area contributed by atoms with Crippen LogP contribution < -0.4 is 0 Å². The molecule has 0 saturated heterocycles. The minimum absolute atomic E-state index is 1.15. The molecule has 6 saturated carbocycles. The predicted octanol–water partition coefficient (Wildman–Crippen LogP) is 7.47. The van der Waals surface area contributed by atoms with Crippen LogP contribution in [0.15, 0.2) is 0 Å². The van der Waals surface area contributed by atoms with Crippen molar-refractivity contribution in [3.63, 3.8) is 0 Å². The molecule has 0 nitrogen and oxygen atoms in total. The zero-order valence-corrected chi connectivity index (χ0v) is 17.1. The molecule has 8 unspecified atom stereocenters. The molecule has 0 heteroatoms. The van der Waals surface area contributed by atoms with Crippen molar-refractivity contribution in [2.45, 2.75) is 103 Å². The summed E-state index contributed by atoms with van der Waals surface area (Å²) in [6.45, 7) is 0. The fraction of sp³-hybridized carbons (Fsp3) is 1.00. The van der Waals surface area contributed by atoms with Gasteiger partial charge in [0.05, 0.1) is 0 Å². The van der Waals surface area contributed by atoms with Crippen LogP contribution in [-0.4, -0.2) is 0 Å². The number of hydrogen-bond donors (Lipinski definition) is 0. The van der Waals surface area contributed by atoms with Crippen molar-refractivity contribution in [1.29, 1.82) is 0 Å². The molecule has 6 fully saturated rings. The first kappa shape index (κ1) is 16.9. The Bertz CT molecular complexity index is 418. The van der Waals surface area contributed by atoms with Crippen molar-refractivity contribution in [2.24, 2.45) is 59.2 Å². The van der Waals surface area contributed by atoms with E-state index in [4.69, 9.17) is 0 Å². The lowest BCUT2D eigenvalue weighted by atomic mass is 9.50. The van der Waals surface area contributed by atoms with Gasteiger partial charge in [-0.25, -0.2) is 0 Å². The van der Waals surface area contributed by atoms with Crippen molar-refractivity contribution in [3.05, 3.63) is 0 Å². The predicted molar refractivity (Wildman–Crippen MR) is 109 cm³/mol. The smallest absolute Gasteiger partial charge is 0.0380 e. The van der Waals surface area contributed by atoms with E-state index in [0.717, 1.165) is 59.2 Å². The lowest BCUT2D eigenvalue weighted by Crippen LogP contribution is -2.46. The van der Waals surface area contributed by atoms with Crippen molar-refractivity contribution in [1.82, 2.24) is 0 Å². The molecule has 0 amide bonds. The number of hydrogen-bond acceptors (Lipinski definition) is 0. The second-order valence-corrected chi connectivity index (χ2v) is 12.1. The van der Waals surface area contributed by atoms with E-state index < -0.39 is 0 Å². The highest BCUT2D eigenvalue weighted by Gasteiger charge is 2.49. The lowest BCUT2D eigenvalue weighted by molar-refractivity contribution is -0.0512. The van der Waals surface area contributed by atoms with Gasteiger partial charge in [-0.15, -0.1) is 0 Å². The van der Waals surface area contributed by atoms with Crippen LogP contribution in [0.1, 0.15) is 103 Å². The monoisotopic (exact) mass is 354 g/mol. The van der Waals surface area contributed by atoms with E-state index in [9.17, 15) is 0 Å². The van der Waals surface area contributed by atoms with Gasteiger partial charge in [-0.2, -0.15) is 0 Å². The molecular weight excluding hydrogens is 312 g/mol. The largest absolute Gasteiger partial charge is 0.0530 e. The van der Waals surface area contributed by atoms with Crippen LogP contribution in [0.3, 0.4) is 0 Å². The Morgan fingerprint density at radius 3 is 0.654 bits per heavy atom. The molecule has 0 radical (unpaired) electrons. The van der Waals surface area contributed by atoms with Crippen molar-refractivity contribution in [3.8, 4) is 0 Å². The van der Waals surface area contributed by atoms with Crippen molar-refractivity contribution < 1.29 is 0 Å². The summed E-state index contributed by atoms with van der Waals surface area (Å²) in [4.78, 5) is 0. The summed E-state index contributed by atoms with van der Waals surface area (Å²) in [5.74, 6) is 11.5. The Balaban J connectivity index is 1.15. The highest BCUT2D eigenvalue weighted by atomic mass is 14.5. The maximum atomic E-state index is 1.66. The third-order valence-electron chi connectivity index (χ3n) is 11.0. The minimum Gasteiger partial charge on any atom is -0.0530 e. The second kappa shape index (κ2) is 6.81. The van der Waals surface area contributed by atoms with Gasteiger partial charge in [0.2, 0.25) is 0 Å². The molecule has 6 aliphatic rings. The first-order valence-corrected chi connectivity index (χ1v) is 12.8. The molecule has 26 heavy (non-hydrogen) atoms. The van der Waals surface area contributed by atoms with Gasteiger partial charge in [-0.1, -0.05) is 51.4 Å². The molecule has 0 heterocycles. The first-order valence-electron chi connectivity index (χ1n) is 12.8. The van der Waals surface area contributed by atoms with E-state index in [2.05, 4.69) is 0 Å². The van der Waals surface area contributed by atoms with E-state index in [-0.39, 0.29) is 0 Å². The van der Waals surface area contributed by atoms with Crippen LogP contribution in [0.4, 0.5) is 0 Å². The third kappa shape index (κ3) is 2.91. The topological polar surface area (TPSA) is 0 Å². The molecule has 0 bridgehead atoms. The Kier molecular flexibility index (Phi) is 4.43. The van der Waals surface area contributed by atoms with E-state index in [1.807, 2.05) is 0 Å². The molecule has 6 rings (SSSR count). The second-order valence-electron chi connectivity index (χ2n) is 12.1. The number of fused-ring (bicyclic) bond motifs is 5. The van der Waals surface area contributed by atoms with Gasteiger partial charge < -0.3 is 0 Å². The molecule has 0 aromatic rings. The van der Waals surface area contributed by atoms with Gasteiger partial charge in [0.15, 0.2) is 0 Å². The van der Waals surface area contributed by atoms with Crippen LogP contribution in [0.25, 0.3) is 0 Å². The van der Waals surface area contributed by atoms with Crippen molar-refractivity contribution >= 4 is 0 Å². The summed E-state index contributed by atoms with van der Waals surface area (Å²) >= 11 is 0. The molecule has 0 aliphatic heterocycles. The lowest BCUT2D eigenvalue weighted by Gasteiger charge is -2.55. The van der Waals surface area contributed by atoms with Gasteiger partial charge in [-0.3, -0.25) is 0 Å². The molecule has 0 aromatic heterocycles. The van der Waals surface area contributed by atoms with Crippen LogP contribution in [-0.2, 0) is 0 Å². The Hall–Kier alpha value is 0. The Morgan fingerprint density at radius 2 is 0.423 bits per heavy atom. The third-order valence-corrected chi connectivity index (χ3v) is 11.0. The fourth-order valence-electron chi connectivity index (χ4n) is 9.81.